The Labute approximate surface area is 94.0 Å². The zero-order valence-corrected chi connectivity index (χ0v) is 9.71. The summed E-state index contributed by atoms with van der Waals surface area (Å²) in [5, 5.41) is 12.2. The predicted octanol–water partition coefficient (Wildman–Crippen LogP) is 3.45. The van der Waals surface area contributed by atoms with Crippen molar-refractivity contribution in [2.24, 2.45) is 0 Å². The highest BCUT2D eigenvalue weighted by Gasteiger charge is 2.13. The molecule has 1 N–H and O–H groups in total. The molecule has 1 unspecified atom stereocenters. The van der Waals surface area contributed by atoms with Crippen LogP contribution in [0, 0.1) is 13.8 Å². The highest BCUT2D eigenvalue weighted by atomic mass is 32.1. The van der Waals surface area contributed by atoms with Gasteiger partial charge in [0, 0.05) is 4.88 Å². The maximum absolute atomic E-state index is 10.2. The molecule has 0 saturated heterocycles. The van der Waals surface area contributed by atoms with E-state index in [1.807, 2.05) is 31.4 Å². The van der Waals surface area contributed by atoms with E-state index < -0.39 is 6.10 Å². The maximum atomic E-state index is 10.2. The lowest BCUT2D eigenvalue weighted by atomic mass is 10.00. The Balaban J connectivity index is 2.41. The second-order valence-corrected chi connectivity index (χ2v) is 4.76. The monoisotopic (exact) mass is 218 g/mol. The molecule has 0 aliphatic heterocycles. The van der Waals surface area contributed by atoms with E-state index in [4.69, 9.17) is 0 Å². The van der Waals surface area contributed by atoms with Crippen LogP contribution in [0.3, 0.4) is 0 Å². The molecule has 0 aliphatic rings. The van der Waals surface area contributed by atoms with E-state index in [-0.39, 0.29) is 0 Å². The number of hydrogen-bond donors (Lipinski definition) is 1. The molecule has 0 bridgehead atoms. The van der Waals surface area contributed by atoms with Crippen LogP contribution < -0.4 is 0 Å². The van der Waals surface area contributed by atoms with Crippen molar-refractivity contribution in [1.29, 1.82) is 0 Å². The third-order valence-corrected chi connectivity index (χ3v) is 3.47. The molecule has 1 aromatic heterocycles. The minimum atomic E-state index is -0.482. The lowest BCUT2D eigenvalue weighted by Crippen LogP contribution is -2.00. The number of aliphatic hydroxyl groups excluding tert-OH is 1. The first-order valence-corrected chi connectivity index (χ1v) is 5.85. The van der Waals surface area contributed by atoms with Gasteiger partial charge in [0.1, 0.15) is 6.10 Å². The summed E-state index contributed by atoms with van der Waals surface area (Å²) in [6.45, 7) is 4.08. The molecule has 1 aromatic carbocycles. The van der Waals surface area contributed by atoms with Crippen LogP contribution in [0.2, 0.25) is 0 Å². The van der Waals surface area contributed by atoms with Crippen LogP contribution in [-0.2, 0) is 0 Å². The summed E-state index contributed by atoms with van der Waals surface area (Å²) in [6.07, 6.45) is -0.482. The zero-order valence-electron chi connectivity index (χ0n) is 8.90. The third kappa shape index (κ3) is 2.11. The number of hydrogen-bond acceptors (Lipinski definition) is 2. The minimum Gasteiger partial charge on any atom is -0.383 e. The Morgan fingerprint density at radius 2 is 2.00 bits per heavy atom. The summed E-state index contributed by atoms with van der Waals surface area (Å²) in [7, 11) is 0. The first-order valence-electron chi connectivity index (χ1n) is 4.97. The number of aliphatic hydroxyl groups is 1. The third-order valence-electron chi connectivity index (χ3n) is 2.54. The van der Waals surface area contributed by atoms with Crippen LogP contribution in [0.1, 0.15) is 27.7 Å². The number of thiophene rings is 1. The smallest absolute Gasteiger partial charge is 0.113 e. The highest BCUT2D eigenvalue weighted by molar-refractivity contribution is 7.10. The molecule has 2 heteroatoms. The molecule has 78 valence electrons. The Hall–Kier alpha value is -1.12. The second kappa shape index (κ2) is 4.17. The number of rotatable bonds is 2. The average molecular weight is 218 g/mol. The second-order valence-electron chi connectivity index (χ2n) is 3.78. The van der Waals surface area contributed by atoms with Gasteiger partial charge in [0.2, 0.25) is 0 Å². The Morgan fingerprint density at radius 3 is 2.67 bits per heavy atom. The van der Waals surface area contributed by atoms with Gasteiger partial charge in [-0.2, -0.15) is 0 Å². The predicted molar refractivity (Wildman–Crippen MR) is 64.3 cm³/mol. The van der Waals surface area contributed by atoms with E-state index in [2.05, 4.69) is 18.2 Å². The number of benzene rings is 1. The Bertz CT molecular complexity index is 446. The molecule has 2 rings (SSSR count). The standard InChI is InChI=1S/C13H14OS/c1-9-5-6-10(2)11(8-9)13(14)12-4-3-7-15-12/h3-8,13-14H,1-2H3. The molecule has 15 heavy (non-hydrogen) atoms. The first kappa shape index (κ1) is 10.4. The van der Waals surface area contributed by atoms with E-state index >= 15 is 0 Å². The van der Waals surface area contributed by atoms with E-state index in [0.717, 1.165) is 16.0 Å². The molecule has 2 aromatic rings. The van der Waals surface area contributed by atoms with Gasteiger partial charge in [-0.25, -0.2) is 0 Å². The van der Waals surface area contributed by atoms with E-state index in [0.29, 0.717) is 0 Å². The van der Waals surface area contributed by atoms with Gasteiger partial charge in [-0.3, -0.25) is 0 Å². The van der Waals surface area contributed by atoms with Crippen molar-refractivity contribution in [1.82, 2.24) is 0 Å². The summed E-state index contributed by atoms with van der Waals surface area (Å²) < 4.78 is 0. The van der Waals surface area contributed by atoms with Gasteiger partial charge in [0.15, 0.2) is 0 Å². The van der Waals surface area contributed by atoms with Crippen LogP contribution in [0.15, 0.2) is 35.7 Å². The fourth-order valence-electron chi connectivity index (χ4n) is 1.65. The van der Waals surface area contributed by atoms with Crippen molar-refractivity contribution in [2.45, 2.75) is 20.0 Å². The van der Waals surface area contributed by atoms with Crippen molar-refractivity contribution >= 4 is 11.3 Å². The molecule has 0 spiro atoms. The van der Waals surface area contributed by atoms with Gasteiger partial charge in [0.05, 0.1) is 0 Å². The Morgan fingerprint density at radius 1 is 1.20 bits per heavy atom. The largest absolute Gasteiger partial charge is 0.383 e. The summed E-state index contributed by atoms with van der Waals surface area (Å²) in [6, 6.07) is 10.1. The molecule has 0 amide bonds. The molecule has 1 nitrogen and oxygen atoms in total. The molecule has 0 fully saturated rings. The lowest BCUT2D eigenvalue weighted by Gasteiger charge is -2.12. The van der Waals surface area contributed by atoms with Gasteiger partial charge in [-0.05, 0) is 36.4 Å². The van der Waals surface area contributed by atoms with Gasteiger partial charge >= 0.3 is 0 Å². The zero-order chi connectivity index (χ0) is 10.8. The molecule has 1 atom stereocenters. The summed E-state index contributed by atoms with van der Waals surface area (Å²) >= 11 is 1.59. The quantitative estimate of drug-likeness (QED) is 0.818. The molecule has 0 aliphatic carbocycles. The van der Waals surface area contributed by atoms with Gasteiger partial charge in [-0.15, -0.1) is 11.3 Å². The SMILES string of the molecule is Cc1ccc(C)c(C(O)c2cccs2)c1. The normalized spacial score (nSPS) is 12.7. The summed E-state index contributed by atoms with van der Waals surface area (Å²) in [5.41, 5.74) is 3.34. The summed E-state index contributed by atoms with van der Waals surface area (Å²) in [5.74, 6) is 0. The lowest BCUT2D eigenvalue weighted by molar-refractivity contribution is 0.223. The van der Waals surface area contributed by atoms with Crippen molar-refractivity contribution in [3.8, 4) is 0 Å². The minimum absolute atomic E-state index is 0.482. The van der Waals surface area contributed by atoms with Crippen molar-refractivity contribution in [3.63, 3.8) is 0 Å². The molecular formula is C13H14OS. The van der Waals surface area contributed by atoms with Crippen LogP contribution in [-0.4, -0.2) is 5.11 Å². The fraction of sp³-hybridized carbons (Fsp3) is 0.231. The highest BCUT2D eigenvalue weighted by Crippen LogP contribution is 2.28. The van der Waals surface area contributed by atoms with Crippen LogP contribution >= 0.6 is 11.3 Å². The van der Waals surface area contributed by atoms with Crippen molar-refractivity contribution < 1.29 is 5.11 Å². The van der Waals surface area contributed by atoms with Gasteiger partial charge < -0.3 is 5.11 Å². The molecule has 0 saturated carbocycles. The average Bonchev–Trinajstić information content (AvgIpc) is 2.74. The molecule has 0 radical (unpaired) electrons. The van der Waals surface area contributed by atoms with E-state index in [1.165, 1.54) is 5.56 Å². The number of aryl methyl sites for hydroxylation is 2. The van der Waals surface area contributed by atoms with E-state index in [9.17, 15) is 5.11 Å². The van der Waals surface area contributed by atoms with Crippen LogP contribution in [0.25, 0.3) is 0 Å². The van der Waals surface area contributed by atoms with Gasteiger partial charge in [0.25, 0.3) is 0 Å². The van der Waals surface area contributed by atoms with Crippen molar-refractivity contribution in [3.05, 3.63) is 57.3 Å². The molecule has 1 heterocycles. The first-order chi connectivity index (χ1) is 7.18. The maximum Gasteiger partial charge on any atom is 0.113 e. The Kier molecular flexibility index (Phi) is 2.89. The molecular weight excluding hydrogens is 204 g/mol. The van der Waals surface area contributed by atoms with Crippen molar-refractivity contribution in [2.75, 3.05) is 0 Å². The van der Waals surface area contributed by atoms with E-state index in [1.54, 1.807) is 11.3 Å². The topological polar surface area (TPSA) is 20.2 Å². The summed E-state index contributed by atoms with van der Waals surface area (Å²) in [4.78, 5) is 1.00. The van der Waals surface area contributed by atoms with Crippen LogP contribution in [0.4, 0.5) is 0 Å². The van der Waals surface area contributed by atoms with Gasteiger partial charge in [-0.1, -0.05) is 29.8 Å². The fourth-order valence-corrected chi connectivity index (χ4v) is 2.38. The van der Waals surface area contributed by atoms with Crippen LogP contribution in [0.5, 0.6) is 0 Å².